The third-order valence-corrected chi connectivity index (χ3v) is 5.98. The average Bonchev–Trinajstić information content (AvgIpc) is 3.22. The Kier molecular flexibility index (Phi) is 12.1. The first-order valence-corrected chi connectivity index (χ1v) is 12.2. The number of halogens is 1. The van der Waals surface area contributed by atoms with Crippen molar-refractivity contribution >= 4 is 11.9 Å². The molecule has 2 aromatic heterocycles. The minimum atomic E-state index is -1.17. The molecule has 11 heteroatoms. The Hall–Kier alpha value is -2.63. The van der Waals surface area contributed by atoms with Gasteiger partial charge in [0, 0.05) is 29.7 Å². The molecule has 38 heavy (non-hydrogen) atoms. The third kappa shape index (κ3) is 8.71. The molecule has 0 spiro atoms. The van der Waals surface area contributed by atoms with Crippen molar-refractivity contribution in [2.45, 2.75) is 71.1 Å². The van der Waals surface area contributed by atoms with Crippen molar-refractivity contribution in [3.63, 3.8) is 0 Å². The number of nitrogens with one attached hydrogen (secondary N) is 1. The Morgan fingerprint density at radius 1 is 1.11 bits per heavy atom. The Labute approximate surface area is 244 Å². The zero-order valence-corrected chi connectivity index (χ0v) is 24.2. The summed E-state index contributed by atoms with van der Waals surface area (Å²) >= 11 is 0. The number of carboxylic acids is 1. The molecule has 1 amide bonds. The number of nitrogens with zero attached hydrogens (tertiary/aromatic N) is 3. The number of aliphatic carboxylic acids is 1. The van der Waals surface area contributed by atoms with E-state index < -0.39 is 30.4 Å². The van der Waals surface area contributed by atoms with Crippen LogP contribution < -0.4 is 34.9 Å². The Morgan fingerprint density at radius 2 is 1.79 bits per heavy atom. The second-order valence-corrected chi connectivity index (χ2v) is 9.42. The minimum absolute atomic E-state index is 0. The van der Waals surface area contributed by atoms with Crippen molar-refractivity contribution < 1.29 is 60.3 Å². The van der Waals surface area contributed by atoms with Gasteiger partial charge in [0.1, 0.15) is 5.82 Å². The van der Waals surface area contributed by atoms with Gasteiger partial charge >= 0.3 is 35.5 Å². The van der Waals surface area contributed by atoms with Crippen molar-refractivity contribution in [1.82, 2.24) is 20.1 Å². The van der Waals surface area contributed by atoms with Gasteiger partial charge in [-0.25, -0.2) is 9.07 Å². The Bertz CT molecular complexity index is 1220. The van der Waals surface area contributed by atoms with E-state index in [4.69, 9.17) is 5.11 Å². The van der Waals surface area contributed by atoms with Crippen molar-refractivity contribution in [3.8, 4) is 5.69 Å². The van der Waals surface area contributed by atoms with Crippen LogP contribution in [0.2, 0.25) is 0 Å². The molecule has 0 aliphatic heterocycles. The molecule has 9 nitrogen and oxygen atoms in total. The van der Waals surface area contributed by atoms with Crippen molar-refractivity contribution in [1.29, 1.82) is 0 Å². The van der Waals surface area contributed by atoms with E-state index in [1.165, 1.54) is 12.1 Å². The molecule has 0 radical (unpaired) electrons. The van der Waals surface area contributed by atoms with E-state index in [9.17, 15) is 24.2 Å². The summed E-state index contributed by atoms with van der Waals surface area (Å²) in [7, 11) is 0. The van der Waals surface area contributed by atoms with Crippen LogP contribution in [0.5, 0.6) is 0 Å². The van der Waals surface area contributed by atoms with Crippen LogP contribution in [0.3, 0.4) is 0 Å². The molecular weight excluding hydrogens is 502 g/mol. The molecule has 2 atom stereocenters. The van der Waals surface area contributed by atoms with Gasteiger partial charge in [0.15, 0.2) is 5.69 Å². The smallest absolute Gasteiger partial charge is 1.00 e. The van der Waals surface area contributed by atoms with Crippen LogP contribution in [0.15, 0.2) is 42.6 Å². The number of amides is 1. The predicted molar refractivity (Wildman–Crippen MR) is 136 cm³/mol. The number of aryl methyl sites for hydroxylation is 1. The van der Waals surface area contributed by atoms with E-state index in [0.717, 1.165) is 11.3 Å². The fourth-order valence-corrected chi connectivity index (χ4v) is 4.17. The first kappa shape index (κ1) is 31.6. The van der Waals surface area contributed by atoms with Crippen molar-refractivity contribution in [2.24, 2.45) is 0 Å². The van der Waals surface area contributed by atoms with Gasteiger partial charge in [-0.3, -0.25) is 14.6 Å². The fraction of sp³-hybridized carbons (Fsp3) is 0.407. The number of hydrogen-bond acceptors (Lipinski definition) is 6. The monoisotopic (exact) mass is 536 g/mol. The topological polar surface area (TPSA) is 138 Å². The standard InChI is InChI=1S/C27H33FN4O5.Na.H/c1-16(2)25-23(11-10-21(33)12-22(34)13-24(35)36)32(20-8-6-19(28)7-9-20)31-26(25)27(37)30-15-18-5-4-17(3)29-14-18;;/h4-9,14,16,21-22,33-34H,10-13,15H2,1-3H3,(H,30,37)(H,35,36);;/q;+1;-1/t21-,22-;;/m1../s1. The molecule has 0 aliphatic carbocycles. The average molecular weight is 537 g/mol. The molecule has 2 heterocycles. The van der Waals surface area contributed by atoms with Crippen LogP contribution in [0.25, 0.3) is 5.69 Å². The molecule has 0 saturated carbocycles. The van der Waals surface area contributed by atoms with Gasteiger partial charge in [0.2, 0.25) is 0 Å². The zero-order valence-electron chi connectivity index (χ0n) is 23.2. The van der Waals surface area contributed by atoms with Gasteiger partial charge in [0.05, 0.1) is 24.3 Å². The number of carboxylic acid groups (broad SMARTS) is 1. The van der Waals surface area contributed by atoms with Crippen LogP contribution >= 0.6 is 0 Å². The zero-order chi connectivity index (χ0) is 27.1. The summed E-state index contributed by atoms with van der Waals surface area (Å²) in [5, 5.41) is 36.7. The molecule has 0 bridgehead atoms. The van der Waals surface area contributed by atoms with Gasteiger partial charge in [0.25, 0.3) is 5.91 Å². The van der Waals surface area contributed by atoms with Gasteiger partial charge in [-0.2, -0.15) is 5.10 Å². The van der Waals surface area contributed by atoms with Gasteiger partial charge in [-0.1, -0.05) is 19.9 Å². The second-order valence-electron chi connectivity index (χ2n) is 9.42. The van der Waals surface area contributed by atoms with Crippen molar-refractivity contribution in [3.05, 3.63) is 76.6 Å². The number of pyridine rings is 1. The molecule has 0 aliphatic rings. The normalized spacial score (nSPS) is 12.6. The molecule has 0 unspecified atom stereocenters. The van der Waals surface area contributed by atoms with E-state index in [1.54, 1.807) is 23.0 Å². The summed E-state index contributed by atoms with van der Waals surface area (Å²) in [4.78, 5) is 28.3. The van der Waals surface area contributed by atoms with E-state index in [-0.39, 0.29) is 67.9 Å². The second kappa shape index (κ2) is 14.5. The largest absolute Gasteiger partial charge is 1.00 e. The maximum atomic E-state index is 13.6. The van der Waals surface area contributed by atoms with Crippen LogP contribution in [0.4, 0.5) is 4.39 Å². The number of rotatable bonds is 12. The molecular formula is C27H34FN4NaO5. The van der Waals surface area contributed by atoms with Gasteiger partial charge < -0.3 is 22.1 Å². The number of aliphatic hydroxyl groups is 2. The summed E-state index contributed by atoms with van der Waals surface area (Å²) in [6.07, 6.45) is -0.474. The van der Waals surface area contributed by atoms with Gasteiger partial charge in [-0.15, -0.1) is 0 Å². The minimum Gasteiger partial charge on any atom is -1.00 e. The quantitative estimate of drug-likeness (QED) is 0.246. The number of aromatic nitrogens is 3. The van der Waals surface area contributed by atoms with Crippen LogP contribution in [0, 0.1) is 12.7 Å². The van der Waals surface area contributed by atoms with E-state index in [1.807, 2.05) is 32.9 Å². The maximum Gasteiger partial charge on any atom is 1.00 e. The molecule has 1 aromatic carbocycles. The molecule has 0 fully saturated rings. The summed E-state index contributed by atoms with van der Waals surface area (Å²) in [6.45, 7) is 6.01. The number of carbonyl (C=O) groups excluding carboxylic acids is 1. The molecule has 4 N–H and O–H groups in total. The summed E-state index contributed by atoms with van der Waals surface area (Å²) < 4.78 is 15.2. The number of benzene rings is 1. The van der Waals surface area contributed by atoms with E-state index >= 15 is 0 Å². The number of aliphatic hydroxyl groups excluding tert-OH is 2. The summed E-state index contributed by atoms with van der Waals surface area (Å²) in [5.41, 5.74) is 3.87. The SMILES string of the molecule is Cc1ccc(CNC(=O)c2nn(-c3ccc(F)cc3)c(CC[C@@H](O)C[C@@H](O)CC(=O)O)c2C(C)C)cn1.[H-].[Na+]. The molecule has 3 aromatic rings. The predicted octanol–water partition coefficient (Wildman–Crippen LogP) is 0.404. The maximum absolute atomic E-state index is 13.6. The first-order valence-electron chi connectivity index (χ1n) is 12.2. The molecule has 0 saturated heterocycles. The molecule has 200 valence electrons. The van der Waals surface area contributed by atoms with E-state index in [2.05, 4.69) is 15.4 Å². The van der Waals surface area contributed by atoms with Gasteiger partial charge in [-0.05, 0) is 68.0 Å². The van der Waals surface area contributed by atoms with Crippen molar-refractivity contribution in [2.75, 3.05) is 0 Å². The Morgan fingerprint density at radius 3 is 2.37 bits per heavy atom. The molecule has 3 rings (SSSR count). The summed E-state index contributed by atoms with van der Waals surface area (Å²) in [5.74, 6) is -2.02. The first-order chi connectivity index (χ1) is 17.5. The summed E-state index contributed by atoms with van der Waals surface area (Å²) in [6, 6.07) is 9.47. The fourth-order valence-electron chi connectivity index (χ4n) is 4.17. The number of hydrogen-bond donors (Lipinski definition) is 4. The van der Waals surface area contributed by atoms with Crippen LogP contribution in [-0.4, -0.2) is 54.2 Å². The third-order valence-electron chi connectivity index (χ3n) is 5.98. The Balaban J connectivity index is 0.00000380. The van der Waals surface area contributed by atoms with Crippen LogP contribution in [-0.2, 0) is 17.8 Å². The number of carbonyl (C=O) groups is 2. The van der Waals surface area contributed by atoms with Crippen LogP contribution in [0.1, 0.15) is 73.5 Å². The van der Waals surface area contributed by atoms with E-state index in [0.29, 0.717) is 23.4 Å².